The van der Waals surface area contributed by atoms with Gasteiger partial charge >= 0.3 is 0 Å². The SMILES string of the molecule is Cc1ccc(NC(=O)CN2C(=O)COc3ccc(Cl)cc32)c(Br)c1. The summed E-state index contributed by atoms with van der Waals surface area (Å²) in [5.41, 5.74) is 2.22. The highest BCUT2D eigenvalue weighted by Gasteiger charge is 2.27. The van der Waals surface area contributed by atoms with Gasteiger partial charge in [0.2, 0.25) is 5.91 Å². The van der Waals surface area contributed by atoms with Crippen LogP contribution in [0.2, 0.25) is 5.02 Å². The van der Waals surface area contributed by atoms with Crippen molar-refractivity contribution >= 4 is 50.7 Å². The molecule has 0 fully saturated rings. The van der Waals surface area contributed by atoms with Gasteiger partial charge in [0.1, 0.15) is 12.3 Å². The van der Waals surface area contributed by atoms with E-state index in [4.69, 9.17) is 16.3 Å². The van der Waals surface area contributed by atoms with Gasteiger partial charge in [-0.25, -0.2) is 0 Å². The van der Waals surface area contributed by atoms with E-state index in [2.05, 4.69) is 21.2 Å². The maximum atomic E-state index is 12.4. The Morgan fingerprint density at radius 2 is 2.12 bits per heavy atom. The molecule has 1 heterocycles. The van der Waals surface area contributed by atoms with Gasteiger partial charge in [-0.1, -0.05) is 17.7 Å². The maximum absolute atomic E-state index is 12.4. The molecule has 2 aromatic rings. The fraction of sp³-hybridized carbons (Fsp3) is 0.176. The Labute approximate surface area is 152 Å². The highest BCUT2D eigenvalue weighted by Crippen LogP contribution is 2.34. The summed E-state index contributed by atoms with van der Waals surface area (Å²) in [6, 6.07) is 10.6. The summed E-state index contributed by atoms with van der Waals surface area (Å²) >= 11 is 9.41. The molecule has 3 rings (SSSR count). The number of hydrogen-bond donors (Lipinski definition) is 1. The van der Waals surface area contributed by atoms with Gasteiger partial charge in [-0.05, 0) is 58.7 Å². The van der Waals surface area contributed by atoms with Crippen LogP contribution in [0.15, 0.2) is 40.9 Å². The summed E-state index contributed by atoms with van der Waals surface area (Å²) in [7, 11) is 0. The highest BCUT2D eigenvalue weighted by molar-refractivity contribution is 9.10. The highest BCUT2D eigenvalue weighted by atomic mass is 79.9. The molecule has 2 amide bonds. The second-order valence-electron chi connectivity index (χ2n) is 5.41. The van der Waals surface area contributed by atoms with Crippen LogP contribution in [0.3, 0.4) is 0 Å². The fourth-order valence-electron chi connectivity index (χ4n) is 2.40. The Balaban J connectivity index is 1.79. The number of rotatable bonds is 3. The number of nitrogens with zero attached hydrogens (tertiary/aromatic N) is 1. The summed E-state index contributed by atoms with van der Waals surface area (Å²) < 4.78 is 6.15. The number of anilines is 2. The number of carbonyl (C=O) groups excluding carboxylic acids is 2. The lowest BCUT2D eigenvalue weighted by atomic mass is 10.2. The van der Waals surface area contributed by atoms with E-state index in [1.165, 1.54) is 4.90 Å². The minimum atomic E-state index is -0.305. The molecule has 124 valence electrons. The Hall–Kier alpha value is -2.05. The standard InChI is InChI=1S/C17H14BrClN2O3/c1-10-2-4-13(12(18)6-10)20-16(22)8-21-14-7-11(19)3-5-15(14)24-9-17(21)23/h2-7H,8-9H2,1H3,(H,20,22). The van der Waals surface area contributed by atoms with Crippen LogP contribution in [0.1, 0.15) is 5.56 Å². The largest absolute Gasteiger partial charge is 0.482 e. The average Bonchev–Trinajstić information content (AvgIpc) is 2.53. The van der Waals surface area contributed by atoms with Gasteiger partial charge < -0.3 is 10.1 Å². The van der Waals surface area contributed by atoms with Gasteiger partial charge in [-0.2, -0.15) is 0 Å². The number of halogens is 2. The van der Waals surface area contributed by atoms with E-state index >= 15 is 0 Å². The summed E-state index contributed by atoms with van der Waals surface area (Å²) in [6.07, 6.45) is 0. The second kappa shape index (κ2) is 6.83. The Bertz CT molecular complexity index is 825. The second-order valence-corrected chi connectivity index (χ2v) is 6.70. The van der Waals surface area contributed by atoms with E-state index in [-0.39, 0.29) is 25.0 Å². The van der Waals surface area contributed by atoms with Crippen molar-refractivity contribution in [1.29, 1.82) is 0 Å². The van der Waals surface area contributed by atoms with Crippen molar-refractivity contribution in [2.75, 3.05) is 23.4 Å². The third kappa shape index (κ3) is 3.55. The van der Waals surface area contributed by atoms with Crippen LogP contribution < -0.4 is 15.0 Å². The molecule has 0 unspecified atom stereocenters. The van der Waals surface area contributed by atoms with Gasteiger partial charge in [0, 0.05) is 9.50 Å². The number of ether oxygens (including phenoxy) is 1. The predicted molar refractivity (Wildman–Crippen MR) is 96.8 cm³/mol. The average molecular weight is 410 g/mol. The minimum Gasteiger partial charge on any atom is -0.482 e. The molecule has 5 nitrogen and oxygen atoms in total. The molecule has 1 aliphatic heterocycles. The van der Waals surface area contributed by atoms with Crippen LogP contribution in [-0.4, -0.2) is 25.0 Å². The number of amides is 2. The number of nitrogens with one attached hydrogen (secondary N) is 1. The van der Waals surface area contributed by atoms with Crippen molar-refractivity contribution in [3.05, 3.63) is 51.5 Å². The van der Waals surface area contributed by atoms with Crippen LogP contribution in [0, 0.1) is 6.92 Å². The number of hydrogen-bond acceptors (Lipinski definition) is 3. The van der Waals surface area contributed by atoms with Crippen molar-refractivity contribution in [1.82, 2.24) is 0 Å². The molecule has 0 aromatic heterocycles. The summed E-state index contributed by atoms with van der Waals surface area (Å²) in [6.45, 7) is 1.75. The number of benzene rings is 2. The molecular formula is C17H14BrClN2O3. The normalized spacial score (nSPS) is 13.3. The molecule has 1 aliphatic rings. The lowest BCUT2D eigenvalue weighted by molar-refractivity contribution is -0.123. The molecule has 2 aromatic carbocycles. The Morgan fingerprint density at radius 3 is 2.88 bits per heavy atom. The smallest absolute Gasteiger partial charge is 0.265 e. The number of fused-ring (bicyclic) bond motifs is 1. The maximum Gasteiger partial charge on any atom is 0.265 e. The van der Waals surface area contributed by atoms with E-state index in [1.54, 1.807) is 18.2 Å². The molecule has 0 bridgehead atoms. The monoisotopic (exact) mass is 408 g/mol. The molecule has 0 atom stereocenters. The zero-order chi connectivity index (χ0) is 17.3. The molecule has 0 radical (unpaired) electrons. The van der Waals surface area contributed by atoms with Crippen molar-refractivity contribution in [2.45, 2.75) is 6.92 Å². The van der Waals surface area contributed by atoms with Gasteiger partial charge in [-0.3, -0.25) is 14.5 Å². The molecule has 0 spiro atoms. The number of carbonyl (C=O) groups is 2. The first-order chi connectivity index (χ1) is 11.4. The van der Waals surface area contributed by atoms with Crippen molar-refractivity contribution < 1.29 is 14.3 Å². The topological polar surface area (TPSA) is 58.6 Å². The quantitative estimate of drug-likeness (QED) is 0.839. The third-order valence-corrected chi connectivity index (χ3v) is 4.46. The Kier molecular flexibility index (Phi) is 4.78. The van der Waals surface area contributed by atoms with E-state index in [9.17, 15) is 9.59 Å². The molecule has 0 saturated heterocycles. The van der Waals surface area contributed by atoms with E-state index < -0.39 is 0 Å². The third-order valence-electron chi connectivity index (χ3n) is 3.56. The Morgan fingerprint density at radius 1 is 1.33 bits per heavy atom. The lowest BCUT2D eigenvalue weighted by Crippen LogP contribution is -2.43. The summed E-state index contributed by atoms with van der Waals surface area (Å²) in [4.78, 5) is 25.9. The van der Waals surface area contributed by atoms with E-state index in [1.807, 2.05) is 25.1 Å². The van der Waals surface area contributed by atoms with Crippen molar-refractivity contribution in [3.63, 3.8) is 0 Å². The molecular weight excluding hydrogens is 396 g/mol. The van der Waals surface area contributed by atoms with Crippen LogP contribution in [0.25, 0.3) is 0 Å². The molecule has 1 N–H and O–H groups in total. The molecule has 0 saturated carbocycles. The zero-order valence-corrected chi connectivity index (χ0v) is 15.1. The van der Waals surface area contributed by atoms with Gasteiger partial charge in [-0.15, -0.1) is 0 Å². The first-order valence-corrected chi connectivity index (χ1v) is 8.40. The van der Waals surface area contributed by atoms with Gasteiger partial charge in [0.15, 0.2) is 6.61 Å². The van der Waals surface area contributed by atoms with Gasteiger partial charge in [0.25, 0.3) is 5.91 Å². The van der Waals surface area contributed by atoms with Crippen LogP contribution in [0.4, 0.5) is 11.4 Å². The molecule has 0 aliphatic carbocycles. The fourth-order valence-corrected chi connectivity index (χ4v) is 3.16. The van der Waals surface area contributed by atoms with Crippen molar-refractivity contribution in [3.8, 4) is 5.75 Å². The van der Waals surface area contributed by atoms with Crippen LogP contribution >= 0.6 is 27.5 Å². The summed E-state index contributed by atoms with van der Waals surface area (Å²) in [5.74, 6) is -0.0630. The molecule has 24 heavy (non-hydrogen) atoms. The van der Waals surface area contributed by atoms with E-state index in [0.717, 1.165) is 10.0 Å². The van der Waals surface area contributed by atoms with Crippen LogP contribution in [0.5, 0.6) is 5.75 Å². The summed E-state index contributed by atoms with van der Waals surface area (Å²) in [5, 5.41) is 3.27. The minimum absolute atomic E-state index is 0.101. The lowest BCUT2D eigenvalue weighted by Gasteiger charge is -2.29. The van der Waals surface area contributed by atoms with Crippen LogP contribution in [-0.2, 0) is 9.59 Å². The molecule has 7 heteroatoms. The van der Waals surface area contributed by atoms with Gasteiger partial charge in [0.05, 0.1) is 11.4 Å². The van der Waals surface area contributed by atoms with Crippen molar-refractivity contribution in [2.24, 2.45) is 0 Å². The van der Waals surface area contributed by atoms with E-state index in [0.29, 0.717) is 22.1 Å². The zero-order valence-electron chi connectivity index (χ0n) is 12.8. The predicted octanol–water partition coefficient (Wildman–Crippen LogP) is 3.78. The first-order valence-electron chi connectivity index (χ1n) is 7.23. The number of aryl methyl sites for hydroxylation is 1. The first kappa shape index (κ1) is 16.8.